The number of nitrogens with one attached hydrogen (secondary N) is 2. The van der Waals surface area contributed by atoms with Gasteiger partial charge in [0.2, 0.25) is 0 Å². The molecule has 0 saturated carbocycles. The van der Waals surface area contributed by atoms with Gasteiger partial charge in [0.05, 0.1) is 0 Å². The maximum atomic E-state index is 5.77. The molecule has 0 aliphatic heterocycles. The second kappa shape index (κ2) is 9.77. The first-order valence-electron chi connectivity index (χ1n) is 7.19. The third-order valence-corrected chi connectivity index (χ3v) is 3.53. The van der Waals surface area contributed by atoms with Crippen LogP contribution in [0.4, 0.5) is 0 Å². The SMILES string of the molecule is CN=C(NCCc1ccc(Cl)nc1)NCc1cc(C)oc1C.I. The second-order valence-electron chi connectivity index (χ2n) is 5.03. The van der Waals surface area contributed by atoms with E-state index in [1.54, 1.807) is 19.3 Å². The van der Waals surface area contributed by atoms with Crippen molar-refractivity contribution in [1.29, 1.82) is 0 Å². The van der Waals surface area contributed by atoms with Gasteiger partial charge in [0.25, 0.3) is 0 Å². The van der Waals surface area contributed by atoms with Crippen LogP contribution in [0.5, 0.6) is 0 Å². The molecule has 0 fully saturated rings. The predicted octanol–water partition coefficient (Wildman–Crippen LogP) is 3.47. The van der Waals surface area contributed by atoms with Gasteiger partial charge in [-0.1, -0.05) is 17.7 Å². The molecule has 0 aromatic carbocycles. The zero-order valence-electron chi connectivity index (χ0n) is 13.5. The van der Waals surface area contributed by atoms with E-state index in [1.165, 1.54) is 0 Å². The van der Waals surface area contributed by atoms with Gasteiger partial charge in [0.15, 0.2) is 5.96 Å². The number of hydrogen-bond donors (Lipinski definition) is 2. The van der Waals surface area contributed by atoms with Crippen molar-refractivity contribution in [1.82, 2.24) is 15.6 Å². The molecule has 2 aromatic heterocycles. The Labute approximate surface area is 158 Å². The van der Waals surface area contributed by atoms with E-state index in [0.717, 1.165) is 41.6 Å². The van der Waals surface area contributed by atoms with Crippen molar-refractivity contribution in [3.63, 3.8) is 0 Å². The summed E-state index contributed by atoms with van der Waals surface area (Å²) in [6, 6.07) is 5.81. The lowest BCUT2D eigenvalue weighted by Crippen LogP contribution is -2.37. The zero-order valence-corrected chi connectivity index (χ0v) is 16.6. The van der Waals surface area contributed by atoms with Crippen molar-refractivity contribution < 1.29 is 4.42 Å². The van der Waals surface area contributed by atoms with Gasteiger partial charge in [-0.05, 0) is 38.0 Å². The first-order chi connectivity index (χ1) is 10.6. The Hall–Kier alpha value is -1.28. The Bertz CT molecular complexity index is 640. The van der Waals surface area contributed by atoms with Gasteiger partial charge in [-0.2, -0.15) is 0 Å². The molecule has 2 rings (SSSR count). The van der Waals surface area contributed by atoms with Crippen molar-refractivity contribution >= 4 is 41.5 Å². The van der Waals surface area contributed by atoms with Crippen LogP contribution in [0.1, 0.15) is 22.6 Å². The summed E-state index contributed by atoms with van der Waals surface area (Å²) in [4.78, 5) is 8.28. The smallest absolute Gasteiger partial charge is 0.191 e. The van der Waals surface area contributed by atoms with E-state index in [9.17, 15) is 0 Å². The summed E-state index contributed by atoms with van der Waals surface area (Å²) in [7, 11) is 1.76. The summed E-state index contributed by atoms with van der Waals surface area (Å²) in [5, 5.41) is 7.07. The fourth-order valence-corrected chi connectivity index (χ4v) is 2.25. The normalized spacial score (nSPS) is 11.0. The summed E-state index contributed by atoms with van der Waals surface area (Å²) >= 11 is 5.77. The highest BCUT2D eigenvalue weighted by molar-refractivity contribution is 14.0. The molecule has 7 heteroatoms. The van der Waals surface area contributed by atoms with Gasteiger partial charge in [0, 0.05) is 31.9 Å². The number of halogens is 2. The van der Waals surface area contributed by atoms with Gasteiger partial charge in [-0.15, -0.1) is 24.0 Å². The fraction of sp³-hybridized carbons (Fsp3) is 0.375. The van der Waals surface area contributed by atoms with E-state index in [2.05, 4.69) is 20.6 Å². The third-order valence-electron chi connectivity index (χ3n) is 3.31. The Balaban J connectivity index is 0.00000264. The Morgan fingerprint density at radius 3 is 2.65 bits per heavy atom. The number of aliphatic imine (C=N–C) groups is 1. The van der Waals surface area contributed by atoms with Crippen molar-refractivity contribution in [3.8, 4) is 0 Å². The molecular weight excluding hydrogens is 427 g/mol. The average molecular weight is 449 g/mol. The molecule has 5 nitrogen and oxygen atoms in total. The number of aromatic nitrogens is 1. The minimum atomic E-state index is 0. The minimum Gasteiger partial charge on any atom is -0.466 e. The van der Waals surface area contributed by atoms with Crippen LogP contribution in [0.3, 0.4) is 0 Å². The highest BCUT2D eigenvalue weighted by Gasteiger charge is 2.05. The fourth-order valence-electron chi connectivity index (χ4n) is 2.14. The van der Waals surface area contributed by atoms with Crippen molar-refractivity contribution in [3.05, 3.63) is 52.2 Å². The van der Waals surface area contributed by atoms with Gasteiger partial charge < -0.3 is 15.1 Å². The summed E-state index contributed by atoms with van der Waals surface area (Å²) in [5.74, 6) is 2.63. The number of aryl methyl sites for hydroxylation is 2. The predicted molar refractivity (Wildman–Crippen MR) is 105 cm³/mol. The molecular formula is C16H22ClIN4O. The molecule has 0 saturated heterocycles. The Morgan fingerprint density at radius 1 is 1.30 bits per heavy atom. The minimum absolute atomic E-state index is 0. The maximum absolute atomic E-state index is 5.77. The number of rotatable bonds is 5. The van der Waals surface area contributed by atoms with Gasteiger partial charge in [0.1, 0.15) is 16.7 Å². The molecule has 0 atom stereocenters. The standard InChI is InChI=1S/C16H21ClN4O.HI/c1-11-8-14(12(2)22-11)10-21-16(18-3)19-7-6-13-4-5-15(17)20-9-13;/h4-5,8-9H,6-7,10H2,1-3H3,(H2,18,19,21);1H. The molecule has 23 heavy (non-hydrogen) atoms. The van der Waals surface area contributed by atoms with E-state index >= 15 is 0 Å². The number of guanidine groups is 1. The molecule has 0 radical (unpaired) electrons. The van der Waals surface area contributed by atoms with E-state index in [-0.39, 0.29) is 24.0 Å². The topological polar surface area (TPSA) is 62.5 Å². The molecule has 0 spiro atoms. The Morgan fingerprint density at radius 2 is 2.09 bits per heavy atom. The number of hydrogen-bond acceptors (Lipinski definition) is 3. The molecule has 0 unspecified atom stereocenters. The van der Waals surface area contributed by atoms with Crippen LogP contribution in [0, 0.1) is 13.8 Å². The Kier molecular flexibility index (Phi) is 8.40. The van der Waals surface area contributed by atoms with Crippen molar-refractivity contribution in [2.24, 2.45) is 4.99 Å². The molecule has 0 aliphatic carbocycles. The molecule has 0 amide bonds. The summed E-state index contributed by atoms with van der Waals surface area (Å²) < 4.78 is 5.51. The molecule has 2 aromatic rings. The molecule has 0 aliphatic rings. The number of pyridine rings is 1. The zero-order chi connectivity index (χ0) is 15.9. The largest absolute Gasteiger partial charge is 0.466 e. The van der Waals surface area contributed by atoms with Gasteiger partial charge >= 0.3 is 0 Å². The highest BCUT2D eigenvalue weighted by atomic mass is 127. The molecule has 0 bridgehead atoms. The third kappa shape index (κ3) is 6.39. The second-order valence-corrected chi connectivity index (χ2v) is 5.42. The average Bonchev–Trinajstić information content (AvgIpc) is 2.82. The van der Waals surface area contributed by atoms with E-state index < -0.39 is 0 Å². The number of nitrogens with zero attached hydrogens (tertiary/aromatic N) is 2. The van der Waals surface area contributed by atoms with Gasteiger partial charge in [-0.3, -0.25) is 4.99 Å². The van der Waals surface area contributed by atoms with Crippen LogP contribution < -0.4 is 10.6 Å². The highest BCUT2D eigenvalue weighted by Crippen LogP contribution is 2.12. The number of furan rings is 1. The lowest BCUT2D eigenvalue weighted by atomic mass is 10.2. The lowest BCUT2D eigenvalue weighted by Gasteiger charge is -2.11. The quantitative estimate of drug-likeness (QED) is 0.318. The first-order valence-corrected chi connectivity index (χ1v) is 7.57. The van der Waals surface area contributed by atoms with Crippen LogP contribution in [0.25, 0.3) is 0 Å². The van der Waals surface area contributed by atoms with E-state index in [1.807, 2.05) is 26.0 Å². The maximum Gasteiger partial charge on any atom is 0.191 e. The molecule has 126 valence electrons. The van der Waals surface area contributed by atoms with Crippen molar-refractivity contribution in [2.45, 2.75) is 26.8 Å². The van der Waals surface area contributed by atoms with E-state index in [0.29, 0.717) is 11.7 Å². The first kappa shape index (κ1) is 19.8. The summed E-state index contributed by atoms with van der Waals surface area (Å²) in [6.07, 6.45) is 2.65. The van der Waals surface area contributed by atoms with Crippen molar-refractivity contribution in [2.75, 3.05) is 13.6 Å². The summed E-state index contributed by atoms with van der Waals surface area (Å²) in [5.41, 5.74) is 2.27. The monoisotopic (exact) mass is 448 g/mol. The van der Waals surface area contributed by atoms with Crippen LogP contribution >= 0.6 is 35.6 Å². The lowest BCUT2D eigenvalue weighted by molar-refractivity contribution is 0.500. The summed E-state index contributed by atoms with van der Waals surface area (Å²) in [6.45, 7) is 5.37. The van der Waals surface area contributed by atoms with Crippen LogP contribution in [0.15, 0.2) is 33.8 Å². The molecule has 2 heterocycles. The van der Waals surface area contributed by atoms with Crippen LogP contribution in [-0.2, 0) is 13.0 Å². The van der Waals surface area contributed by atoms with Crippen LogP contribution in [0.2, 0.25) is 5.15 Å². The van der Waals surface area contributed by atoms with Gasteiger partial charge in [-0.25, -0.2) is 4.98 Å². The van der Waals surface area contributed by atoms with Crippen LogP contribution in [-0.4, -0.2) is 24.5 Å². The molecule has 2 N–H and O–H groups in total. The van der Waals surface area contributed by atoms with E-state index in [4.69, 9.17) is 16.0 Å².